The Morgan fingerprint density at radius 1 is 1.15 bits per heavy atom. The first-order valence-corrected chi connectivity index (χ1v) is 8.00. The monoisotopic (exact) mass is 375 g/mol. The van der Waals surface area contributed by atoms with Crippen LogP contribution >= 0.6 is 0 Å². The second kappa shape index (κ2) is 8.77. The van der Waals surface area contributed by atoms with Gasteiger partial charge in [-0.05, 0) is 29.7 Å². The molecule has 1 aromatic rings. The van der Waals surface area contributed by atoms with Gasteiger partial charge in [-0.1, -0.05) is 13.8 Å². The Labute approximate surface area is 150 Å². The Morgan fingerprint density at radius 2 is 1.73 bits per heavy atom. The minimum atomic E-state index is -4.72. The molecular formula is C17H24F3N3O3. The van der Waals surface area contributed by atoms with E-state index in [4.69, 9.17) is 5.73 Å². The van der Waals surface area contributed by atoms with Crippen LogP contribution in [0.15, 0.2) is 24.3 Å². The lowest BCUT2D eigenvalue weighted by Crippen LogP contribution is -2.35. The highest BCUT2D eigenvalue weighted by atomic mass is 19.4. The summed E-state index contributed by atoms with van der Waals surface area (Å²) in [5.41, 5.74) is 5.27. The predicted octanol–water partition coefficient (Wildman–Crippen LogP) is 2.75. The van der Waals surface area contributed by atoms with E-state index in [2.05, 4.69) is 10.1 Å². The second-order valence-electron chi connectivity index (χ2n) is 6.80. The van der Waals surface area contributed by atoms with Crippen molar-refractivity contribution in [3.63, 3.8) is 0 Å². The summed E-state index contributed by atoms with van der Waals surface area (Å²) >= 11 is 0. The van der Waals surface area contributed by atoms with Crippen LogP contribution in [0.3, 0.4) is 0 Å². The number of nitrogens with one attached hydrogen (secondary N) is 1. The maximum atomic E-state index is 12.2. The summed E-state index contributed by atoms with van der Waals surface area (Å²) < 4.78 is 40.1. The van der Waals surface area contributed by atoms with Crippen LogP contribution in [-0.4, -0.2) is 43.2 Å². The highest BCUT2D eigenvalue weighted by molar-refractivity contribution is 5.79. The van der Waals surface area contributed by atoms with Gasteiger partial charge in [0.25, 0.3) is 0 Å². The van der Waals surface area contributed by atoms with Crippen molar-refractivity contribution in [1.82, 2.24) is 4.90 Å². The summed E-state index contributed by atoms with van der Waals surface area (Å²) in [6.07, 6.45) is -4.41. The molecule has 0 aliphatic heterocycles. The molecule has 0 aliphatic rings. The van der Waals surface area contributed by atoms with E-state index in [-0.39, 0.29) is 24.5 Å². The van der Waals surface area contributed by atoms with Crippen molar-refractivity contribution in [2.24, 2.45) is 11.1 Å². The van der Waals surface area contributed by atoms with Gasteiger partial charge < -0.3 is 20.7 Å². The summed E-state index contributed by atoms with van der Waals surface area (Å²) in [4.78, 5) is 24.7. The van der Waals surface area contributed by atoms with Crippen molar-refractivity contribution >= 4 is 17.5 Å². The second-order valence-corrected chi connectivity index (χ2v) is 6.80. The van der Waals surface area contributed by atoms with Crippen LogP contribution < -0.4 is 15.8 Å². The molecule has 0 saturated heterocycles. The van der Waals surface area contributed by atoms with Crippen molar-refractivity contribution in [3.8, 4) is 5.75 Å². The lowest BCUT2D eigenvalue weighted by molar-refractivity contribution is -0.274. The Morgan fingerprint density at radius 3 is 2.23 bits per heavy atom. The van der Waals surface area contributed by atoms with Gasteiger partial charge in [0, 0.05) is 38.7 Å². The molecule has 0 aliphatic carbocycles. The molecule has 3 N–H and O–H groups in total. The number of benzene rings is 1. The minimum absolute atomic E-state index is 0.119. The number of likely N-dealkylation sites (N-methyl/N-ethyl adjacent to an activating group) is 1. The average molecular weight is 375 g/mol. The van der Waals surface area contributed by atoms with Crippen molar-refractivity contribution in [2.75, 3.05) is 25.5 Å². The number of amides is 2. The number of hydrogen-bond donors (Lipinski definition) is 2. The van der Waals surface area contributed by atoms with Crippen LogP contribution in [0.1, 0.15) is 26.7 Å². The molecule has 0 radical (unpaired) electrons. The van der Waals surface area contributed by atoms with Gasteiger partial charge in [-0.15, -0.1) is 13.2 Å². The van der Waals surface area contributed by atoms with Gasteiger partial charge in [-0.3, -0.25) is 9.59 Å². The first-order chi connectivity index (χ1) is 11.9. The Hall–Kier alpha value is -2.45. The molecule has 26 heavy (non-hydrogen) atoms. The molecular weight excluding hydrogens is 351 g/mol. The lowest BCUT2D eigenvalue weighted by Gasteiger charge is -2.26. The number of nitrogens with zero attached hydrogens (tertiary/aromatic N) is 1. The van der Waals surface area contributed by atoms with Crippen molar-refractivity contribution in [3.05, 3.63) is 24.3 Å². The molecule has 0 unspecified atom stereocenters. The first kappa shape index (κ1) is 21.6. The van der Waals surface area contributed by atoms with Crippen LogP contribution in [0, 0.1) is 5.41 Å². The molecule has 1 aromatic carbocycles. The molecule has 0 spiro atoms. The highest BCUT2D eigenvalue weighted by Crippen LogP contribution is 2.25. The third-order valence-corrected chi connectivity index (χ3v) is 3.57. The molecule has 2 amide bonds. The number of halogens is 3. The van der Waals surface area contributed by atoms with E-state index < -0.39 is 17.7 Å². The normalized spacial score (nSPS) is 11.8. The van der Waals surface area contributed by atoms with Gasteiger partial charge in [0.15, 0.2) is 0 Å². The number of hydrogen-bond acceptors (Lipinski definition) is 4. The molecule has 1 rings (SSSR count). The Kier molecular flexibility index (Phi) is 7.29. The highest BCUT2D eigenvalue weighted by Gasteiger charge is 2.31. The number of primary amides is 1. The minimum Gasteiger partial charge on any atom is -0.406 e. The van der Waals surface area contributed by atoms with E-state index in [0.29, 0.717) is 18.8 Å². The summed E-state index contributed by atoms with van der Waals surface area (Å²) in [5, 5.41) is 3.01. The van der Waals surface area contributed by atoms with Crippen molar-refractivity contribution in [1.29, 1.82) is 0 Å². The van der Waals surface area contributed by atoms with Gasteiger partial charge in [-0.25, -0.2) is 0 Å². The zero-order valence-corrected chi connectivity index (χ0v) is 15.0. The fraction of sp³-hybridized carbons (Fsp3) is 0.529. The van der Waals surface area contributed by atoms with E-state index in [9.17, 15) is 22.8 Å². The van der Waals surface area contributed by atoms with Crippen molar-refractivity contribution < 1.29 is 27.5 Å². The van der Waals surface area contributed by atoms with E-state index in [0.717, 1.165) is 0 Å². The van der Waals surface area contributed by atoms with E-state index in [1.54, 1.807) is 20.9 Å². The number of anilines is 1. The maximum absolute atomic E-state index is 12.2. The molecule has 0 atom stereocenters. The molecule has 0 bridgehead atoms. The summed E-state index contributed by atoms with van der Waals surface area (Å²) in [5.74, 6) is -0.871. The van der Waals surface area contributed by atoms with Crippen LogP contribution in [0.5, 0.6) is 5.75 Å². The SMILES string of the molecule is CN(CCNc1ccc(OC(F)(F)F)cc1)C(=O)CC(C)(C)CC(N)=O. The van der Waals surface area contributed by atoms with Gasteiger partial charge in [0.1, 0.15) is 5.75 Å². The number of carbonyl (C=O) groups is 2. The van der Waals surface area contributed by atoms with Gasteiger partial charge in [0.05, 0.1) is 0 Å². The van der Waals surface area contributed by atoms with Gasteiger partial charge in [0.2, 0.25) is 11.8 Å². The molecule has 146 valence electrons. The number of nitrogens with two attached hydrogens (primary N) is 1. The molecule has 9 heteroatoms. The summed E-state index contributed by atoms with van der Waals surface area (Å²) in [6.45, 7) is 4.41. The van der Waals surface area contributed by atoms with Crippen molar-refractivity contribution in [2.45, 2.75) is 33.1 Å². The molecule has 0 aromatic heterocycles. The lowest BCUT2D eigenvalue weighted by atomic mass is 9.85. The molecule has 0 fully saturated rings. The Bertz CT molecular complexity index is 616. The third kappa shape index (κ3) is 8.59. The Balaban J connectivity index is 2.42. The van der Waals surface area contributed by atoms with Gasteiger partial charge >= 0.3 is 6.36 Å². The summed E-state index contributed by atoms with van der Waals surface area (Å²) in [7, 11) is 1.64. The number of rotatable bonds is 9. The zero-order valence-electron chi connectivity index (χ0n) is 15.0. The largest absolute Gasteiger partial charge is 0.573 e. The first-order valence-electron chi connectivity index (χ1n) is 8.00. The molecule has 0 saturated carbocycles. The third-order valence-electron chi connectivity index (χ3n) is 3.57. The van der Waals surface area contributed by atoms with Gasteiger partial charge in [-0.2, -0.15) is 0 Å². The predicted molar refractivity (Wildman–Crippen MR) is 91.5 cm³/mol. The maximum Gasteiger partial charge on any atom is 0.573 e. The van der Waals surface area contributed by atoms with E-state index in [1.807, 2.05) is 0 Å². The standard InChI is InChI=1S/C17H24F3N3O3/c1-16(2,10-14(21)24)11-15(25)23(3)9-8-22-12-4-6-13(7-5-12)26-17(18,19)20/h4-7,22H,8-11H2,1-3H3,(H2,21,24). The quantitative estimate of drug-likeness (QED) is 0.695. The number of carbonyl (C=O) groups excluding carboxylic acids is 2. The van der Waals surface area contributed by atoms with E-state index in [1.165, 1.54) is 29.2 Å². The molecule has 6 nitrogen and oxygen atoms in total. The average Bonchev–Trinajstić information content (AvgIpc) is 2.45. The van der Waals surface area contributed by atoms with E-state index >= 15 is 0 Å². The number of ether oxygens (including phenoxy) is 1. The van der Waals surface area contributed by atoms with Crippen LogP contribution in [0.4, 0.5) is 18.9 Å². The molecule has 0 heterocycles. The number of alkyl halides is 3. The fourth-order valence-electron chi connectivity index (χ4n) is 2.35. The summed E-state index contributed by atoms with van der Waals surface area (Å²) in [6, 6.07) is 5.33. The van der Waals surface area contributed by atoms with Crippen LogP contribution in [-0.2, 0) is 9.59 Å². The topological polar surface area (TPSA) is 84.7 Å². The zero-order chi connectivity index (χ0) is 20.0. The fourth-order valence-corrected chi connectivity index (χ4v) is 2.35. The van der Waals surface area contributed by atoms with Crippen LogP contribution in [0.2, 0.25) is 0 Å². The smallest absolute Gasteiger partial charge is 0.406 e. The van der Waals surface area contributed by atoms with Crippen LogP contribution in [0.25, 0.3) is 0 Å².